The van der Waals surface area contributed by atoms with Gasteiger partial charge in [0.1, 0.15) is 11.6 Å². The van der Waals surface area contributed by atoms with E-state index in [2.05, 4.69) is 9.88 Å². The van der Waals surface area contributed by atoms with E-state index in [0.29, 0.717) is 11.7 Å². The number of nitrogens with zero attached hydrogens (tertiary/aromatic N) is 2. The van der Waals surface area contributed by atoms with Crippen molar-refractivity contribution >= 4 is 5.82 Å². The van der Waals surface area contributed by atoms with Crippen LogP contribution in [0.1, 0.15) is 18.4 Å². The van der Waals surface area contributed by atoms with Gasteiger partial charge in [0.25, 0.3) is 0 Å². The second-order valence-electron chi connectivity index (χ2n) is 4.21. The number of halogens is 1. The first-order valence-electron chi connectivity index (χ1n) is 5.77. The Morgan fingerprint density at radius 1 is 1.53 bits per heavy atom. The SMILES string of the molecule is COC1CCN(c2cc(CO)c(F)cn2)CC1. The van der Waals surface area contributed by atoms with Crippen molar-refractivity contribution in [1.29, 1.82) is 0 Å². The number of hydrogen-bond donors (Lipinski definition) is 1. The maximum Gasteiger partial charge on any atom is 0.147 e. The molecule has 2 rings (SSSR count). The molecular weight excluding hydrogens is 223 g/mol. The minimum absolute atomic E-state index is 0.295. The van der Waals surface area contributed by atoms with E-state index in [1.165, 1.54) is 6.20 Å². The van der Waals surface area contributed by atoms with Gasteiger partial charge in [0.05, 0.1) is 18.9 Å². The van der Waals surface area contributed by atoms with Gasteiger partial charge in [0.2, 0.25) is 0 Å². The van der Waals surface area contributed by atoms with Crippen molar-refractivity contribution in [3.8, 4) is 0 Å². The maximum atomic E-state index is 13.2. The van der Waals surface area contributed by atoms with E-state index in [-0.39, 0.29) is 6.61 Å². The van der Waals surface area contributed by atoms with Crippen LogP contribution in [0.15, 0.2) is 12.3 Å². The van der Waals surface area contributed by atoms with Gasteiger partial charge in [0.15, 0.2) is 0 Å². The summed E-state index contributed by atoms with van der Waals surface area (Å²) in [5.74, 6) is 0.271. The third kappa shape index (κ3) is 2.73. The molecule has 0 radical (unpaired) electrons. The van der Waals surface area contributed by atoms with Crippen LogP contribution in [-0.4, -0.2) is 36.4 Å². The monoisotopic (exact) mass is 240 g/mol. The van der Waals surface area contributed by atoms with E-state index in [0.717, 1.165) is 31.7 Å². The second-order valence-corrected chi connectivity index (χ2v) is 4.21. The first-order chi connectivity index (χ1) is 8.24. The lowest BCUT2D eigenvalue weighted by molar-refractivity contribution is 0.0818. The molecule has 1 aromatic rings. The van der Waals surface area contributed by atoms with E-state index < -0.39 is 5.82 Å². The van der Waals surface area contributed by atoms with Crippen LogP contribution >= 0.6 is 0 Å². The first-order valence-corrected chi connectivity index (χ1v) is 5.77. The number of aliphatic hydroxyl groups excluding tert-OH is 1. The highest BCUT2D eigenvalue weighted by Crippen LogP contribution is 2.21. The topological polar surface area (TPSA) is 45.6 Å². The Kier molecular flexibility index (Phi) is 3.91. The summed E-state index contributed by atoms with van der Waals surface area (Å²) in [6, 6.07) is 1.61. The number of hydrogen-bond acceptors (Lipinski definition) is 4. The van der Waals surface area contributed by atoms with Gasteiger partial charge in [-0.15, -0.1) is 0 Å². The van der Waals surface area contributed by atoms with Crippen LogP contribution in [0.3, 0.4) is 0 Å². The molecule has 94 valence electrons. The average Bonchev–Trinajstić information content (AvgIpc) is 2.39. The number of anilines is 1. The Morgan fingerprint density at radius 3 is 2.82 bits per heavy atom. The fourth-order valence-electron chi connectivity index (χ4n) is 2.08. The molecule has 1 aliphatic rings. The Labute approximate surface area is 100 Å². The minimum Gasteiger partial charge on any atom is -0.392 e. The van der Waals surface area contributed by atoms with Crippen LogP contribution < -0.4 is 4.90 Å². The molecule has 0 saturated carbocycles. The smallest absolute Gasteiger partial charge is 0.147 e. The highest BCUT2D eigenvalue weighted by Gasteiger charge is 2.20. The Balaban J connectivity index is 2.08. The fraction of sp³-hybridized carbons (Fsp3) is 0.583. The standard InChI is InChI=1S/C12H17FN2O2/c1-17-10-2-4-15(5-3-10)12-6-9(8-16)11(13)7-14-12/h6-7,10,16H,2-5,8H2,1H3. The summed E-state index contributed by atoms with van der Waals surface area (Å²) in [5.41, 5.74) is 0.295. The fourth-order valence-corrected chi connectivity index (χ4v) is 2.08. The van der Waals surface area contributed by atoms with Gasteiger partial charge >= 0.3 is 0 Å². The molecule has 0 aromatic carbocycles. The number of aromatic nitrogens is 1. The van der Waals surface area contributed by atoms with Gasteiger partial charge in [0, 0.05) is 25.8 Å². The van der Waals surface area contributed by atoms with Crippen LogP contribution in [0.4, 0.5) is 10.2 Å². The van der Waals surface area contributed by atoms with Crippen molar-refractivity contribution in [1.82, 2.24) is 4.98 Å². The number of piperidine rings is 1. The number of ether oxygens (including phenoxy) is 1. The number of rotatable bonds is 3. The lowest BCUT2D eigenvalue weighted by Gasteiger charge is -2.32. The molecule has 1 aromatic heterocycles. The van der Waals surface area contributed by atoms with Crippen LogP contribution in [0.2, 0.25) is 0 Å². The molecular formula is C12H17FN2O2. The number of aliphatic hydroxyl groups is 1. The molecule has 1 saturated heterocycles. The van der Waals surface area contributed by atoms with Crippen molar-refractivity contribution in [2.24, 2.45) is 0 Å². The van der Waals surface area contributed by atoms with Gasteiger partial charge in [-0.2, -0.15) is 0 Å². The summed E-state index contributed by atoms with van der Waals surface area (Å²) < 4.78 is 18.5. The molecule has 1 aliphatic heterocycles. The number of methoxy groups -OCH3 is 1. The molecule has 2 heterocycles. The van der Waals surface area contributed by atoms with Crippen molar-refractivity contribution in [2.45, 2.75) is 25.6 Å². The Morgan fingerprint density at radius 2 is 2.24 bits per heavy atom. The number of pyridine rings is 1. The summed E-state index contributed by atoms with van der Waals surface area (Å²) >= 11 is 0. The summed E-state index contributed by atoms with van der Waals surface area (Å²) in [6.45, 7) is 1.40. The second kappa shape index (κ2) is 5.42. The van der Waals surface area contributed by atoms with Crippen LogP contribution in [0, 0.1) is 5.82 Å². The molecule has 1 fully saturated rings. The first kappa shape index (κ1) is 12.3. The molecule has 17 heavy (non-hydrogen) atoms. The lowest BCUT2D eigenvalue weighted by Crippen LogP contribution is -2.37. The van der Waals surface area contributed by atoms with Crippen LogP contribution in [0.5, 0.6) is 0 Å². The van der Waals surface area contributed by atoms with Gasteiger partial charge < -0.3 is 14.7 Å². The Hall–Kier alpha value is -1.20. The summed E-state index contributed by atoms with van der Waals surface area (Å²) in [6.07, 6.45) is 3.38. The zero-order valence-electron chi connectivity index (χ0n) is 9.90. The third-order valence-corrected chi connectivity index (χ3v) is 3.19. The largest absolute Gasteiger partial charge is 0.392 e. The van der Waals surface area contributed by atoms with Crippen molar-refractivity contribution in [2.75, 3.05) is 25.1 Å². The van der Waals surface area contributed by atoms with Crippen molar-refractivity contribution in [3.63, 3.8) is 0 Å². The summed E-state index contributed by atoms with van der Waals surface area (Å²) in [4.78, 5) is 6.15. The molecule has 0 spiro atoms. The lowest BCUT2D eigenvalue weighted by atomic mass is 10.1. The van der Waals surface area contributed by atoms with E-state index in [9.17, 15) is 4.39 Å². The van der Waals surface area contributed by atoms with Gasteiger partial charge in [-0.1, -0.05) is 0 Å². The molecule has 0 bridgehead atoms. The molecule has 0 aliphatic carbocycles. The van der Waals surface area contributed by atoms with E-state index in [4.69, 9.17) is 9.84 Å². The molecule has 5 heteroatoms. The predicted octanol–water partition coefficient (Wildman–Crippen LogP) is 1.33. The average molecular weight is 240 g/mol. The predicted molar refractivity (Wildman–Crippen MR) is 62.4 cm³/mol. The van der Waals surface area contributed by atoms with Crippen molar-refractivity contribution < 1.29 is 14.2 Å². The van der Waals surface area contributed by atoms with E-state index in [1.807, 2.05) is 0 Å². The third-order valence-electron chi connectivity index (χ3n) is 3.19. The molecule has 0 amide bonds. The quantitative estimate of drug-likeness (QED) is 0.865. The Bertz CT molecular complexity index is 379. The van der Waals surface area contributed by atoms with Gasteiger partial charge in [-0.05, 0) is 18.9 Å². The van der Waals surface area contributed by atoms with Crippen LogP contribution in [0.25, 0.3) is 0 Å². The zero-order chi connectivity index (χ0) is 12.3. The normalized spacial score (nSPS) is 17.5. The summed E-state index contributed by atoms with van der Waals surface area (Å²) in [7, 11) is 1.72. The highest BCUT2D eigenvalue weighted by molar-refractivity contribution is 5.41. The maximum absolute atomic E-state index is 13.2. The van der Waals surface area contributed by atoms with Crippen LogP contribution in [-0.2, 0) is 11.3 Å². The molecule has 4 nitrogen and oxygen atoms in total. The molecule has 1 N–H and O–H groups in total. The van der Waals surface area contributed by atoms with E-state index >= 15 is 0 Å². The molecule has 0 atom stereocenters. The van der Waals surface area contributed by atoms with Crippen molar-refractivity contribution in [3.05, 3.63) is 23.6 Å². The van der Waals surface area contributed by atoms with Gasteiger partial charge in [-0.25, -0.2) is 9.37 Å². The van der Waals surface area contributed by atoms with E-state index in [1.54, 1.807) is 13.2 Å². The summed E-state index contributed by atoms with van der Waals surface area (Å²) in [5, 5.41) is 9.02. The molecule has 0 unspecified atom stereocenters. The highest BCUT2D eigenvalue weighted by atomic mass is 19.1. The minimum atomic E-state index is -0.456. The van der Waals surface area contributed by atoms with Gasteiger partial charge in [-0.3, -0.25) is 0 Å². The zero-order valence-corrected chi connectivity index (χ0v) is 9.90.